The highest BCUT2D eigenvalue weighted by Crippen LogP contribution is 2.24. The molecule has 5 nitrogen and oxygen atoms in total. The molecule has 0 saturated carbocycles. The summed E-state index contributed by atoms with van der Waals surface area (Å²) in [7, 11) is 0. The maximum atomic E-state index is 12.1. The lowest BCUT2D eigenvalue weighted by molar-refractivity contribution is -0.115. The van der Waals surface area contributed by atoms with E-state index in [2.05, 4.69) is 31.3 Å². The van der Waals surface area contributed by atoms with E-state index in [9.17, 15) is 4.79 Å². The van der Waals surface area contributed by atoms with Crippen LogP contribution in [-0.4, -0.2) is 20.7 Å². The summed E-state index contributed by atoms with van der Waals surface area (Å²) in [5.41, 5.74) is 1.46. The molecule has 3 aromatic rings. The summed E-state index contributed by atoms with van der Waals surface area (Å²) < 4.78 is 2.51. The summed E-state index contributed by atoms with van der Waals surface area (Å²) >= 11 is 4.98. The first kappa shape index (κ1) is 14.0. The lowest BCUT2D eigenvalue weighted by Crippen LogP contribution is -2.15. The Hall–Kier alpha value is -1.99. The fourth-order valence-electron chi connectivity index (χ4n) is 1.91. The molecule has 106 valence electrons. The Morgan fingerprint density at radius 3 is 3.00 bits per heavy atom. The van der Waals surface area contributed by atoms with E-state index in [4.69, 9.17) is 0 Å². The van der Waals surface area contributed by atoms with Crippen LogP contribution in [0.1, 0.15) is 4.88 Å². The fraction of sp³-hybridized carbons (Fsp3) is 0.0714. The summed E-state index contributed by atoms with van der Waals surface area (Å²) in [6.45, 7) is 0. The van der Waals surface area contributed by atoms with E-state index in [0.29, 0.717) is 12.1 Å². The van der Waals surface area contributed by atoms with Crippen molar-refractivity contribution in [1.82, 2.24) is 14.8 Å². The van der Waals surface area contributed by atoms with Gasteiger partial charge in [-0.1, -0.05) is 22.0 Å². The van der Waals surface area contributed by atoms with Crippen molar-refractivity contribution in [1.29, 1.82) is 0 Å². The Morgan fingerprint density at radius 1 is 1.38 bits per heavy atom. The molecule has 0 aliphatic rings. The number of benzene rings is 1. The average Bonchev–Trinajstić information content (AvgIpc) is 3.11. The van der Waals surface area contributed by atoms with E-state index < -0.39 is 0 Å². The molecular formula is C14H11BrN4OS. The highest BCUT2D eigenvalue weighted by atomic mass is 79.9. The van der Waals surface area contributed by atoms with E-state index in [1.54, 1.807) is 22.3 Å². The minimum absolute atomic E-state index is 0.0584. The highest BCUT2D eigenvalue weighted by molar-refractivity contribution is 9.10. The van der Waals surface area contributed by atoms with Crippen molar-refractivity contribution in [3.05, 3.63) is 57.7 Å². The predicted octanol–water partition coefficient (Wildman–Crippen LogP) is 3.27. The molecule has 0 bridgehead atoms. The number of thiophene rings is 1. The first-order chi connectivity index (χ1) is 10.2. The van der Waals surface area contributed by atoms with Crippen LogP contribution in [-0.2, 0) is 11.2 Å². The van der Waals surface area contributed by atoms with Crippen LogP contribution in [0.5, 0.6) is 0 Å². The third-order valence-corrected chi connectivity index (χ3v) is 4.18. The van der Waals surface area contributed by atoms with E-state index >= 15 is 0 Å². The molecule has 0 unspecified atom stereocenters. The van der Waals surface area contributed by atoms with E-state index in [-0.39, 0.29) is 5.91 Å². The third kappa shape index (κ3) is 3.37. The second-order valence-electron chi connectivity index (χ2n) is 4.31. The Morgan fingerprint density at radius 2 is 2.29 bits per heavy atom. The number of carbonyl (C=O) groups excluding carboxylic acids is 1. The van der Waals surface area contributed by atoms with Gasteiger partial charge in [-0.15, -0.1) is 11.3 Å². The molecule has 2 heterocycles. The summed E-state index contributed by atoms with van der Waals surface area (Å²) in [6.07, 6.45) is 3.42. The molecule has 0 radical (unpaired) electrons. The van der Waals surface area contributed by atoms with Crippen molar-refractivity contribution in [2.24, 2.45) is 0 Å². The Labute approximate surface area is 133 Å². The van der Waals surface area contributed by atoms with Gasteiger partial charge in [0.15, 0.2) is 0 Å². The van der Waals surface area contributed by atoms with Gasteiger partial charge in [0.25, 0.3) is 0 Å². The van der Waals surface area contributed by atoms with Crippen molar-refractivity contribution >= 4 is 38.9 Å². The van der Waals surface area contributed by atoms with Gasteiger partial charge in [-0.25, -0.2) is 9.67 Å². The number of aromatic nitrogens is 3. The van der Waals surface area contributed by atoms with E-state index in [0.717, 1.165) is 15.0 Å². The molecule has 1 aromatic carbocycles. The number of amides is 1. The van der Waals surface area contributed by atoms with Crippen LogP contribution in [0.25, 0.3) is 5.69 Å². The monoisotopic (exact) mass is 362 g/mol. The van der Waals surface area contributed by atoms with Gasteiger partial charge >= 0.3 is 0 Å². The molecule has 0 saturated heterocycles. The fourth-order valence-corrected chi connectivity index (χ4v) is 2.97. The quantitative estimate of drug-likeness (QED) is 0.774. The predicted molar refractivity (Wildman–Crippen MR) is 85.7 cm³/mol. The van der Waals surface area contributed by atoms with Crippen LogP contribution >= 0.6 is 27.3 Å². The second kappa shape index (κ2) is 6.19. The smallest absolute Gasteiger partial charge is 0.229 e. The van der Waals surface area contributed by atoms with Crippen LogP contribution in [0.3, 0.4) is 0 Å². The van der Waals surface area contributed by atoms with Gasteiger partial charge in [-0.3, -0.25) is 4.79 Å². The molecule has 1 amide bonds. The lowest BCUT2D eigenvalue weighted by atomic mass is 10.2. The number of nitrogens with one attached hydrogen (secondary N) is 1. The molecule has 21 heavy (non-hydrogen) atoms. The van der Waals surface area contributed by atoms with Crippen LogP contribution in [0.4, 0.5) is 5.69 Å². The number of anilines is 1. The van der Waals surface area contributed by atoms with Gasteiger partial charge in [-0.2, -0.15) is 5.10 Å². The highest BCUT2D eigenvalue weighted by Gasteiger charge is 2.11. The first-order valence-electron chi connectivity index (χ1n) is 6.19. The molecule has 0 spiro atoms. The number of hydrogen-bond acceptors (Lipinski definition) is 4. The Balaban J connectivity index is 1.84. The van der Waals surface area contributed by atoms with Gasteiger partial charge < -0.3 is 5.32 Å². The van der Waals surface area contributed by atoms with Gasteiger partial charge in [0.2, 0.25) is 5.91 Å². The zero-order valence-corrected chi connectivity index (χ0v) is 13.3. The summed E-state index contributed by atoms with van der Waals surface area (Å²) in [5.74, 6) is -0.0584. The van der Waals surface area contributed by atoms with Crippen LogP contribution in [0.2, 0.25) is 0 Å². The molecule has 0 atom stereocenters. The lowest BCUT2D eigenvalue weighted by Gasteiger charge is -2.11. The van der Waals surface area contributed by atoms with Gasteiger partial charge in [-0.05, 0) is 29.6 Å². The normalized spacial score (nSPS) is 10.5. The maximum Gasteiger partial charge on any atom is 0.229 e. The van der Waals surface area contributed by atoms with Gasteiger partial charge in [0.05, 0.1) is 17.8 Å². The van der Waals surface area contributed by atoms with Crippen molar-refractivity contribution < 1.29 is 4.79 Å². The van der Waals surface area contributed by atoms with Crippen molar-refractivity contribution in [3.8, 4) is 5.69 Å². The average molecular weight is 363 g/mol. The number of nitrogens with zero attached hydrogens (tertiary/aromatic N) is 3. The summed E-state index contributed by atoms with van der Waals surface area (Å²) in [4.78, 5) is 17.1. The number of carbonyl (C=O) groups is 1. The van der Waals surface area contributed by atoms with Crippen LogP contribution in [0, 0.1) is 0 Å². The third-order valence-electron chi connectivity index (χ3n) is 2.81. The number of rotatable bonds is 4. The van der Waals surface area contributed by atoms with Gasteiger partial charge in [0, 0.05) is 9.35 Å². The molecule has 0 aliphatic carbocycles. The number of halogens is 1. The zero-order chi connectivity index (χ0) is 14.7. The first-order valence-corrected chi connectivity index (χ1v) is 7.86. The van der Waals surface area contributed by atoms with Crippen molar-refractivity contribution in [2.45, 2.75) is 6.42 Å². The van der Waals surface area contributed by atoms with Crippen LogP contribution in [0.15, 0.2) is 52.8 Å². The van der Waals surface area contributed by atoms with Crippen LogP contribution < -0.4 is 5.32 Å². The summed E-state index contributed by atoms with van der Waals surface area (Å²) in [5, 5.41) is 8.99. The SMILES string of the molecule is O=C(Cc1cccs1)Nc1cc(Br)ccc1-n1cncn1. The number of hydrogen-bond donors (Lipinski definition) is 1. The topological polar surface area (TPSA) is 59.8 Å². The largest absolute Gasteiger partial charge is 0.324 e. The molecule has 0 aliphatic heterocycles. The molecule has 7 heteroatoms. The standard InChI is InChI=1S/C14H11BrN4OS/c15-10-3-4-13(19-9-16-8-17-19)12(6-10)18-14(20)7-11-2-1-5-21-11/h1-6,8-9H,7H2,(H,18,20). The van der Waals surface area contributed by atoms with Crippen molar-refractivity contribution in [2.75, 3.05) is 5.32 Å². The van der Waals surface area contributed by atoms with E-state index in [1.165, 1.54) is 6.33 Å². The minimum atomic E-state index is -0.0584. The van der Waals surface area contributed by atoms with E-state index in [1.807, 2.05) is 35.7 Å². The molecule has 2 aromatic heterocycles. The molecule has 1 N–H and O–H groups in total. The minimum Gasteiger partial charge on any atom is -0.324 e. The molecule has 3 rings (SSSR count). The second-order valence-corrected chi connectivity index (χ2v) is 6.25. The Bertz CT molecular complexity index is 740. The molecule has 0 fully saturated rings. The Kier molecular flexibility index (Phi) is 4.12. The zero-order valence-electron chi connectivity index (χ0n) is 10.9. The molecular weight excluding hydrogens is 352 g/mol. The summed E-state index contributed by atoms with van der Waals surface area (Å²) in [6, 6.07) is 9.51. The maximum absolute atomic E-state index is 12.1. The van der Waals surface area contributed by atoms with Gasteiger partial charge in [0.1, 0.15) is 12.7 Å². The van der Waals surface area contributed by atoms with Crippen molar-refractivity contribution in [3.63, 3.8) is 0 Å².